The zero-order valence-electron chi connectivity index (χ0n) is 11.1. The maximum atomic E-state index is 4.78. The van der Waals surface area contributed by atoms with Crippen LogP contribution in [0.1, 0.15) is 5.56 Å². The molecule has 0 atom stereocenters. The Balaban J connectivity index is 2.10. The average molecular weight is 259 g/mol. The van der Waals surface area contributed by atoms with E-state index < -0.39 is 0 Å². The minimum Gasteiger partial charge on any atom is -0.300 e. The van der Waals surface area contributed by atoms with Gasteiger partial charge >= 0.3 is 0 Å². The number of benzene rings is 2. The lowest BCUT2D eigenvalue weighted by molar-refractivity contribution is 1.09. The van der Waals surface area contributed by atoms with Gasteiger partial charge in [0.25, 0.3) is 0 Å². The molecule has 4 aromatic rings. The molecule has 3 heteroatoms. The highest BCUT2D eigenvalue weighted by molar-refractivity contribution is 5.87. The Morgan fingerprint density at radius 2 is 1.45 bits per heavy atom. The molecule has 0 saturated heterocycles. The third-order valence-electron chi connectivity index (χ3n) is 3.51. The fourth-order valence-corrected chi connectivity index (χ4v) is 2.52. The average Bonchev–Trinajstić information content (AvgIpc) is 2.83. The van der Waals surface area contributed by atoms with Crippen LogP contribution < -0.4 is 0 Å². The molecule has 2 aromatic carbocycles. The molecule has 0 aliphatic rings. The summed E-state index contributed by atoms with van der Waals surface area (Å²) in [4.78, 5) is 9.52. The van der Waals surface area contributed by atoms with E-state index >= 15 is 0 Å². The van der Waals surface area contributed by atoms with Crippen LogP contribution in [0.4, 0.5) is 0 Å². The van der Waals surface area contributed by atoms with Crippen molar-refractivity contribution in [3.05, 3.63) is 66.4 Å². The SMILES string of the molecule is Cc1cn(-c2ccccc2)c2nc3ccccc3nc12. The first-order valence-corrected chi connectivity index (χ1v) is 6.63. The van der Waals surface area contributed by atoms with Crippen LogP contribution in [0.15, 0.2) is 60.8 Å². The smallest absolute Gasteiger partial charge is 0.164 e. The van der Waals surface area contributed by atoms with Gasteiger partial charge in [-0.1, -0.05) is 30.3 Å². The Labute approximate surface area is 116 Å². The van der Waals surface area contributed by atoms with Gasteiger partial charge in [0.1, 0.15) is 5.52 Å². The van der Waals surface area contributed by atoms with Gasteiger partial charge in [0.2, 0.25) is 0 Å². The number of para-hydroxylation sites is 3. The van der Waals surface area contributed by atoms with Gasteiger partial charge in [0.05, 0.1) is 11.0 Å². The van der Waals surface area contributed by atoms with Gasteiger partial charge in [0, 0.05) is 11.9 Å². The number of fused-ring (bicyclic) bond motifs is 2. The lowest BCUT2D eigenvalue weighted by Gasteiger charge is -2.04. The van der Waals surface area contributed by atoms with Crippen LogP contribution in [0.25, 0.3) is 27.9 Å². The van der Waals surface area contributed by atoms with Crippen LogP contribution in [0.3, 0.4) is 0 Å². The van der Waals surface area contributed by atoms with Crippen molar-refractivity contribution in [3.8, 4) is 5.69 Å². The third-order valence-corrected chi connectivity index (χ3v) is 3.51. The molecule has 0 aliphatic heterocycles. The highest BCUT2D eigenvalue weighted by Crippen LogP contribution is 2.23. The summed E-state index contributed by atoms with van der Waals surface area (Å²) in [7, 11) is 0. The Hall–Kier alpha value is -2.68. The minimum atomic E-state index is 0.910. The summed E-state index contributed by atoms with van der Waals surface area (Å²) in [6.07, 6.45) is 2.10. The summed E-state index contributed by atoms with van der Waals surface area (Å²) in [5.74, 6) is 0. The van der Waals surface area contributed by atoms with Crippen molar-refractivity contribution in [3.63, 3.8) is 0 Å². The van der Waals surface area contributed by atoms with Crippen molar-refractivity contribution in [2.75, 3.05) is 0 Å². The second-order valence-electron chi connectivity index (χ2n) is 4.90. The molecule has 2 heterocycles. The van der Waals surface area contributed by atoms with E-state index in [0.717, 1.165) is 33.4 Å². The third kappa shape index (κ3) is 1.60. The quantitative estimate of drug-likeness (QED) is 0.519. The first kappa shape index (κ1) is 11.2. The molecule has 0 bridgehead atoms. The number of hydrogen-bond acceptors (Lipinski definition) is 2. The van der Waals surface area contributed by atoms with Gasteiger partial charge in [-0.15, -0.1) is 0 Å². The molecule has 20 heavy (non-hydrogen) atoms. The molecule has 2 aromatic heterocycles. The highest BCUT2D eigenvalue weighted by Gasteiger charge is 2.11. The van der Waals surface area contributed by atoms with Crippen LogP contribution in [-0.4, -0.2) is 14.5 Å². The van der Waals surface area contributed by atoms with E-state index in [1.54, 1.807) is 0 Å². The predicted molar refractivity (Wildman–Crippen MR) is 81.1 cm³/mol. The molecule has 0 amide bonds. The van der Waals surface area contributed by atoms with E-state index in [1.807, 2.05) is 42.5 Å². The Morgan fingerprint density at radius 3 is 2.20 bits per heavy atom. The fourth-order valence-electron chi connectivity index (χ4n) is 2.52. The molecule has 0 aliphatic carbocycles. The van der Waals surface area contributed by atoms with E-state index in [2.05, 4.69) is 29.8 Å². The van der Waals surface area contributed by atoms with E-state index in [9.17, 15) is 0 Å². The van der Waals surface area contributed by atoms with Gasteiger partial charge in [-0.3, -0.25) is 4.57 Å². The van der Waals surface area contributed by atoms with Crippen LogP contribution in [-0.2, 0) is 0 Å². The molecule has 0 N–H and O–H groups in total. The van der Waals surface area contributed by atoms with Crippen molar-refractivity contribution in [2.24, 2.45) is 0 Å². The summed E-state index contributed by atoms with van der Waals surface area (Å²) in [5.41, 5.74) is 5.99. The molecule has 96 valence electrons. The maximum Gasteiger partial charge on any atom is 0.164 e. The molecule has 0 radical (unpaired) electrons. The van der Waals surface area contributed by atoms with Gasteiger partial charge in [-0.25, -0.2) is 9.97 Å². The normalized spacial score (nSPS) is 11.2. The van der Waals surface area contributed by atoms with Crippen molar-refractivity contribution in [2.45, 2.75) is 6.92 Å². The second-order valence-corrected chi connectivity index (χ2v) is 4.90. The Morgan fingerprint density at radius 1 is 0.800 bits per heavy atom. The second kappa shape index (κ2) is 4.17. The monoisotopic (exact) mass is 259 g/mol. The van der Waals surface area contributed by atoms with Gasteiger partial charge in [0.15, 0.2) is 5.65 Å². The summed E-state index contributed by atoms with van der Waals surface area (Å²) in [5, 5.41) is 0. The zero-order chi connectivity index (χ0) is 13.5. The van der Waals surface area contributed by atoms with Crippen molar-refractivity contribution in [1.29, 1.82) is 0 Å². The van der Waals surface area contributed by atoms with Gasteiger partial charge in [-0.2, -0.15) is 0 Å². The summed E-state index contributed by atoms with van der Waals surface area (Å²) < 4.78 is 2.10. The van der Waals surface area contributed by atoms with E-state index in [-0.39, 0.29) is 0 Å². The molecule has 4 rings (SSSR count). The minimum absolute atomic E-state index is 0.910. The summed E-state index contributed by atoms with van der Waals surface area (Å²) >= 11 is 0. The number of nitrogens with zero attached hydrogens (tertiary/aromatic N) is 3. The Bertz CT molecular complexity index is 907. The highest BCUT2D eigenvalue weighted by atomic mass is 15.1. The van der Waals surface area contributed by atoms with Crippen LogP contribution in [0.2, 0.25) is 0 Å². The lowest BCUT2D eigenvalue weighted by atomic mass is 10.3. The van der Waals surface area contributed by atoms with Crippen molar-refractivity contribution >= 4 is 22.2 Å². The van der Waals surface area contributed by atoms with Gasteiger partial charge < -0.3 is 0 Å². The number of aromatic nitrogens is 3. The molecule has 0 spiro atoms. The van der Waals surface area contributed by atoms with E-state index in [4.69, 9.17) is 9.97 Å². The predicted octanol–water partition coefficient (Wildman–Crippen LogP) is 3.88. The van der Waals surface area contributed by atoms with Crippen LogP contribution >= 0.6 is 0 Å². The van der Waals surface area contributed by atoms with E-state index in [1.165, 1.54) is 0 Å². The van der Waals surface area contributed by atoms with Crippen molar-refractivity contribution < 1.29 is 0 Å². The molecular weight excluding hydrogens is 246 g/mol. The molecule has 0 unspecified atom stereocenters. The first-order valence-electron chi connectivity index (χ1n) is 6.63. The number of hydrogen-bond donors (Lipinski definition) is 0. The van der Waals surface area contributed by atoms with Crippen LogP contribution in [0.5, 0.6) is 0 Å². The topological polar surface area (TPSA) is 30.7 Å². The zero-order valence-corrected chi connectivity index (χ0v) is 11.1. The lowest BCUT2D eigenvalue weighted by Crippen LogP contribution is -1.94. The standard InChI is InChI=1S/C17H13N3/c1-12-11-20(13-7-3-2-4-8-13)17-16(12)18-14-9-5-6-10-15(14)19-17/h2-11H,1H3. The van der Waals surface area contributed by atoms with Gasteiger partial charge in [-0.05, 0) is 36.8 Å². The Kier molecular flexibility index (Phi) is 2.33. The fraction of sp³-hybridized carbons (Fsp3) is 0.0588. The number of rotatable bonds is 1. The largest absolute Gasteiger partial charge is 0.300 e. The van der Waals surface area contributed by atoms with Crippen molar-refractivity contribution in [1.82, 2.24) is 14.5 Å². The molecular formula is C17H13N3. The first-order chi connectivity index (χ1) is 9.83. The molecule has 0 saturated carbocycles. The van der Waals surface area contributed by atoms with E-state index in [0.29, 0.717) is 0 Å². The molecule has 3 nitrogen and oxygen atoms in total. The van der Waals surface area contributed by atoms with Crippen LogP contribution in [0, 0.1) is 6.92 Å². The maximum absolute atomic E-state index is 4.78. The summed E-state index contributed by atoms with van der Waals surface area (Å²) in [6, 6.07) is 18.2. The molecule has 0 fully saturated rings. The number of aryl methyl sites for hydroxylation is 1. The summed E-state index contributed by atoms with van der Waals surface area (Å²) in [6.45, 7) is 2.07.